The molecule has 7 nitrogen and oxygen atoms in total. The first-order chi connectivity index (χ1) is 14.7. The molecule has 2 amide bonds. The van der Waals surface area contributed by atoms with Gasteiger partial charge in [0, 0.05) is 58.2 Å². The molecular formula is C23H27N3O4. The van der Waals surface area contributed by atoms with Crippen LogP contribution in [0.3, 0.4) is 0 Å². The number of ether oxygens (including phenoxy) is 1. The molecule has 4 rings (SSSR count). The average Bonchev–Trinajstić information content (AvgIpc) is 3.44. The molecule has 1 aromatic carbocycles. The molecule has 7 heteroatoms. The summed E-state index contributed by atoms with van der Waals surface area (Å²) in [5.41, 5.74) is 2.59. The standard InChI is InChI=1S/C23H27N3O4/c27-22(6-4-20-2-1-14-29-20)24-9-7-23(28)26-12-10-25(11-13-26)17-18-3-5-21-19(16-18)8-15-30-21/h1-6,14,16H,7-13,15,17H2,(H,24,27)/b6-4+. The van der Waals surface area contributed by atoms with Gasteiger partial charge in [0.25, 0.3) is 0 Å². The average molecular weight is 409 g/mol. The van der Waals surface area contributed by atoms with Crippen molar-refractivity contribution in [3.63, 3.8) is 0 Å². The third-order valence-corrected chi connectivity index (χ3v) is 5.47. The Kier molecular flexibility index (Phi) is 6.49. The minimum absolute atomic E-state index is 0.0830. The van der Waals surface area contributed by atoms with E-state index in [1.165, 1.54) is 17.2 Å². The summed E-state index contributed by atoms with van der Waals surface area (Å²) < 4.78 is 10.7. The predicted octanol–water partition coefficient (Wildman–Crippen LogP) is 2.08. The Bertz CT molecular complexity index is 899. The molecule has 0 spiro atoms. The zero-order valence-electron chi connectivity index (χ0n) is 17.0. The zero-order chi connectivity index (χ0) is 20.8. The number of rotatable bonds is 7. The second-order valence-corrected chi connectivity index (χ2v) is 7.59. The van der Waals surface area contributed by atoms with E-state index in [1.807, 2.05) is 4.90 Å². The second kappa shape index (κ2) is 9.63. The fourth-order valence-electron chi connectivity index (χ4n) is 3.81. The quantitative estimate of drug-likeness (QED) is 0.709. The van der Waals surface area contributed by atoms with E-state index in [-0.39, 0.29) is 11.8 Å². The van der Waals surface area contributed by atoms with Crippen LogP contribution in [0, 0.1) is 0 Å². The maximum atomic E-state index is 12.4. The van der Waals surface area contributed by atoms with Crippen molar-refractivity contribution >= 4 is 17.9 Å². The number of furan rings is 1. The molecule has 3 heterocycles. The third-order valence-electron chi connectivity index (χ3n) is 5.47. The number of carbonyl (C=O) groups excluding carboxylic acids is 2. The van der Waals surface area contributed by atoms with E-state index < -0.39 is 0 Å². The van der Waals surface area contributed by atoms with Crippen LogP contribution in [0.1, 0.15) is 23.3 Å². The SMILES string of the molecule is O=C(/C=C/c1ccco1)NCCC(=O)N1CCN(Cc2ccc3c(c2)CCO3)CC1. The lowest BCUT2D eigenvalue weighted by atomic mass is 10.1. The highest BCUT2D eigenvalue weighted by atomic mass is 16.5. The fraction of sp³-hybridized carbons (Fsp3) is 0.391. The van der Waals surface area contributed by atoms with E-state index in [0.29, 0.717) is 18.7 Å². The summed E-state index contributed by atoms with van der Waals surface area (Å²) in [5.74, 6) is 1.48. The van der Waals surface area contributed by atoms with Crippen molar-refractivity contribution in [3.05, 3.63) is 59.6 Å². The maximum absolute atomic E-state index is 12.4. The molecule has 2 aliphatic rings. The number of piperazine rings is 1. The number of nitrogens with one attached hydrogen (secondary N) is 1. The second-order valence-electron chi connectivity index (χ2n) is 7.59. The van der Waals surface area contributed by atoms with Crippen LogP contribution in [0.4, 0.5) is 0 Å². The Hall–Kier alpha value is -3.06. The van der Waals surface area contributed by atoms with Crippen LogP contribution in [0.5, 0.6) is 5.75 Å². The number of hydrogen-bond acceptors (Lipinski definition) is 5. The van der Waals surface area contributed by atoms with Crippen molar-refractivity contribution in [1.29, 1.82) is 0 Å². The van der Waals surface area contributed by atoms with Crippen molar-refractivity contribution in [2.45, 2.75) is 19.4 Å². The lowest BCUT2D eigenvalue weighted by molar-refractivity contribution is -0.132. The molecule has 0 bridgehead atoms. The van der Waals surface area contributed by atoms with Crippen LogP contribution in [0.15, 0.2) is 47.1 Å². The molecule has 1 saturated heterocycles. The first kappa shape index (κ1) is 20.2. The first-order valence-corrected chi connectivity index (χ1v) is 10.4. The number of fused-ring (bicyclic) bond motifs is 1. The van der Waals surface area contributed by atoms with Gasteiger partial charge in [-0.05, 0) is 35.4 Å². The zero-order valence-corrected chi connectivity index (χ0v) is 17.0. The summed E-state index contributed by atoms with van der Waals surface area (Å²) in [7, 11) is 0. The molecule has 158 valence electrons. The van der Waals surface area contributed by atoms with Gasteiger partial charge in [-0.25, -0.2) is 0 Å². The summed E-state index contributed by atoms with van der Waals surface area (Å²) in [6, 6.07) is 9.96. The summed E-state index contributed by atoms with van der Waals surface area (Å²) in [6.07, 6.45) is 5.86. The molecule has 2 aliphatic heterocycles. The highest BCUT2D eigenvalue weighted by Crippen LogP contribution is 2.26. The number of carbonyl (C=O) groups is 2. The molecule has 1 aromatic heterocycles. The Morgan fingerprint density at radius 2 is 2.00 bits per heavy atom. The molecule has 0 aliphatic carbocycles. The van der Waals surface area contributed by atoms with Gasteiger partial charge in [-0.1, -0.05) is 12.1 Å². The van der Waals surface area contributed by atoms with Crippen LogP contribution in [0.2, 0.25) is 0 Å². The van der Waals surface area contributed by atoms with Crippen molar-refractivity contribution in [2.24, 2.45) is 0 Å². The molecule has 2 aromatic rings. The van der Waals surface area contributed by atoms with E-state index in [0.717, 1.165) is 51.5 Å². The van der Waals surface area contributed by atoms with Gasteiger partial charge in [0.05, 0.1) is 12.9 Å². The lowest BCUT2D eigenvalue weighted by Gasteiger charge is -2.35. The van der Waals surface area contributed by atoms with E-state index in [1.54, 1.807) is 24.5 Å². The monoisotopic (exact) mass is 409 g/mol. The lowest BCUT2D eigenvalue weighted by Crippen LogP contribution is -2.48. The van der Waals surface area contributed by atoms with Gasteiger partial charge in [0.2, 0.25) is 11.8 Å². The number of amides is 2. The minimum atomic E-state index is -0.233. The Morgan fingerprint density at radius 1 is 1.13 bits per heavy atom. The Labute approximate surface area is 176 Å². The van der Waals surface area contributed by atoms with Gasteiger partial charge >= 0.3 is 0 Å². The third kappa shape index (κ3) is 5.30. The van der Waals surface area contributed by atoms with Crippen molar-refractivity contribution in [2.75, 3.05) is 39.3 Å². The van der Waals surface area contributed by atoms with Gasteiger partial charge in [-0.3, -0.25) is 14.5 Å². The highest BCUT2D eigenvalue weighted by Gasteiger charge is 2.21. The molecular weight excluding hydrogens is 382 g/mol. The van der Waals surface area contributed by atoms with Gasteiger partial charge in [-0.2, -0.15) is 0 Å². The van der Waals surface area contributed by atoms with E-state index in [2.05, 4.69) is 28.4 Å². The normalized spacial score (nSPS) is 16.5. The van der Waals surface area contributed by atoms with Crippen LogP contribution in [0.25, 0.3) is 6.08 Å². The number of benzene rings is 1. The smallest absolute Gasteiger partial charge is 0.244 e. The van der Waals surface area contributed by atoms with Crippen molar-refractivity contribution < 1.29 is 18.7 Å². The summed E-state index contributed by atoms with van der Waals surface area (Å²) >= 11 is 0. The van der Waals surface area contributed by atoms with Crippen molar-refractivity contribution in [3.8, 4) is 5.75 Å². The van der Waals surface area contributed by atoms with Crippen LogP contribution < -0.4 is 10.1 Å². The predicted molar refractivity (Wildman–Crippen MR) is 113 cm³/mol. The summed E-state index contributed by atoms with van der Waals surface area (Å²) in [5, 5.41) is 2.74. The minimum Gasteiger partial charge on any atom is -0.493 e. The molecule has 0 atom stereocenters. The van der Waals surface area contributed by atoms with Crippen LogP contribution in [-0.2, 0) is 22.6 Å². The molecule has 30 heavy (non-hydrogen) atoms. The first-order valence-electron chi connectivity index (χ1n) is 10.4. The highest BCUT2D eigenvalue weighted by molar-refractivity contribution is 5.91. The van der Waals surface area contributed by atoms with Crippen molar-refractivity contribution in [1.82, 2.24) is 15.1 Å². The van der Waals surface area contributed by atoms with E-state index in [9.17, 15) is 9.59 Å². The number of nitrogens with zero attached hydrogens (tertiary/aromatic N) is 2. The molecule has 0 unspecified atom stereocenters. The van der Waals surface area contributed by atoms with Gasteiger partial charge < -0.3 is 19.4 Å². The Morgan fingerprint density at radius 3 is 2.80 bits per heavy atom. The molecule has 0 radical (unpaired) electrons. The summed E-state index contributed by atoms with van der Waals surface area (Å²) in [6.45, 7) is 5.17. The molecule has 1 N–H and O–H groups in total. The van der Waals surface area contributed by atoms with Gasteiger partial charge in [0.15, 0.2) is 0 Å². The molecule has 0 saturated carbocycles. The number of hydrogen-bond donors (Lipinski definition) is 1. The van der Waals surface area contributed by atoms with Gasteiger partial charge in [-0.15, -0.1) is 0 Å². The van der Waals surface area contributed by atoms with E-state index in [4.69, 9.17) is 9.15 Å². The molecule has 1 fully saturated rings. The fourth-order valence-corrected chi connectivity index (χ4v) is 3.81. The topological polar surface area (TPSA) is 75.0 Å². The van der Waals surface area contributed by atoms with Crippen LogP contribution >= 0.6 is 0 Å². The van der Waals surface area contributed by atoms with Gasteiger partial charge in [0.1, 0.15) is 11.5 Å². The maximum Gasteiger partial charge on any atom is 0.244 e. The Balaban J connectivity index is 1.15. The largest absolute Gasteiger partial charge is 0.493 e. The summed E-state index contributed by atoms with van der Waals surface area (Å²) in [4.78, 5) is 28.5. The van der Waals surface area contributed by atoms with E-state index >= 15 is 0 Å². The van der Waals surface area contributed by atoms with Crippen LogP contribution in [-0.4, -0.2) is 60.9 Å².